The lowest BCUT2D eigenvalue weighted by molar-refractivity contribution is -0.143. The van der Waals surface area contributed by atoms with Crippen molar-refractivity contribution in [3.8, 4) is 0 Å². The first-order chi connectivity index (χ1) is 18.3. The van der Waals surface area contributed by atoms with Crippen molar-refractivity contribution in [1.82, 2.24) is 16.0 Å². The van der Waals surface area contributed by atoms with Gasteiger partial charge in [-0.2, -0.15) is 0 Å². The molecule has 1 aromatic carbocycles. The van der Waals surface area contributed by atoms with Crippen LogP contribution in [-0.4, -0.2) is 89.4 Å². The lowest BCUT2D eigenvalue weighted by Crippen LogP contribution is -2.55. The molecule has 0 aliphatic heterocycles. The van der Waals surface area contributed by atoms with E-state index in [1.54, 1.807) is 35.6 Å². The fraction of sp³-hybridized carbons (Fsp3) is 0.478. The number of nitrogens with one attached hydrogen (secondary N) is 3. The molecular weight excluding hydrogens is 524 g/mol. The highest BCUT2D eigenvalue weighted by Gasteiger charge is 2.34. The van der Waals surface area contributed by atoms with Crippen molar-refractivity contribution in [1.29, 1.82) is 0 Å². The number of carbonyl (C=O) groups is 5. The van der Waals surface area contributed by atoms with Gasteiger partial charge in [-0.15, -0.1) is 0 Å². The number of aliphatic imine (C=N–C) groups is 1. The van der Waals surface area contributed by atoms with E-state index < -0.39 is 73.1 Å². The summed E-state index contributed by atoms with van der Waals surface area (Å²) in [4.78, 5) is 63.3. The molecule has 0 saturated heterocycles. The number of aliphatic carboxylic acids is 2. The van der Waals surface area contributed by atoms with Crippen molar-refractivity contribution in [3.63, 3.8) is 0 Å². The van der Waals surface area contributed by atoms with Gasteiger partial charge >= 0.3 is 11.9 Å². The van der Waals surface area contributed by atoms with Crippen LogP contribution in [0.25, 0.3) is 0 Å². The summed E-state index contributed by atoms with van der Waals surface area (Å²) in [5, 5.41) is 24.4. The van der Waals surface area contributed by atoms with E-state index in [2.05, 4.69) is 15.6 Å². The molecule has 1 aromatic rings. The molecule has 39 heavy (non-hydrogen) atoms. The standard InChI is InChI=1S/C23H33F2N7O7/c24-13(11-30-19(35)14(26)7-4-8-29-23(27)28)18(25)21(37)31-15(10-17(33)34)20(36)32-16(22(38)39)9-12-5-2-1-3-6-12/h1-3,5-6,13-16,18H,4,7-11,26H2,(H,30,35)(H,31,37)(H,32,36)(H,33,34)(H,38,39)(H4,27,28,29)/t13-,14+,15+,16+,18+/m1/s1. The van der Waals surface area contributed by atoms with Crippen LogP contribution < -0.4 is 33.2 Å². The molecule has 3 amide bonds. The Kier molecular flexibility index (Phi) is 13.8. The molecular formula is C23H33F2N7O7. The molecule has 0 spiro atoms. The Morgan fingerprint density at radius 1 is 0.923 bits per heavy atom. The highest BCUT2D eigenvalue weighted by Crippen LogP contribution is 2.08. The Morgan fingerprint density at radius 3 is 2.10 bits per heavy atom. The molecule has 16 heteroatoms. The second-order valence-electron chi connectivity index (χ2n) is 8.47. The molecule has 0 aliphatic carbocycles. The monoisotopic (exact) mass is 557 g/mol. The van der Waals surface area contributed by atoms with E-state index >= 15 is 0 Å². The van der Waals surface area contributed by atoms with Crippen LogP contribution in [0.5, 0.6) is 0 Å². The van der Waals surface area contributed by atoms with Gasteiger partial charge in [0.25, 0.3) is 5.91 Å². The molecule has 0 aliphatic rings. The number of halogens is 2. The van der Waals surface area contributed by atoms with E-state index in [0.717, 1.165) is 0 Å². The van der Waals surface area contributed by atoms with E-state index in [0.29, 0.717) is 12.0 Å². The predicted octanol–water partition coefficient (Wildman–Crippen LogP) is -2.07. The van der Waals surface area contributed by atoms with Gasteiger partial charge in [0.2, 0.25) is 18.0 Å². The largest absolute Gasteiger partial charge is 0.481 e. The van der Waals surface area contributed by atoms with Gasteiger partial charge in [-0.1, -0.05) is 30.3 Å². The van der Waals surface area contributed by atoms with Gasteiger partial charge in [0.15, 0.2) is 12.1 Å². The van der Waals surface area contributed by atoms with Crippen molar-refractivity contribution < 1.29 is 43.0 Å². The van der Waals surface area contributed by atoms with Gasteiger partial charge in [-0.05, 0) is 18.4 Å². The van der Waals surface area contributed by atoms with Gasteiger partial charge in [-0.25, -0.2) is 13.6 Å². The average molecular weight is 558 g/mol. The average Bonchev–Trinajstić information content (AvgIpc) is 2.88. The molecule has 0 unspecified atom stereocenters. The van der Waals surface area contributed by atoms with Crippen LogP contribution in [0, 0.1) is 0 Å². The van der Waals surface area contributed by atoms with Crippen molar-refractivity contribution in [3.05, 3.63) is 35.9 Å². The number of alkyl halides is 2. The molecule has 0 radical (unpaired) electrons. The summed E-state index contributed by atoms with van der Waals surface area (Å²) < 4.78 is 28.7. The van der Waals surface area contributed by atoms with Crippen molar-refractivity contribution in [2.75, 3.05) is 13.1 Å². The number of carboxylic acids is 2. The minimum Gasteiger partial charge on any atom is -0.481 e. The quantitative estimate of drug-likeness (QED) is 0.0590. The molecule has 0 heterocycles. The molecule has 0 bridgehead atoms. The fourth-order valence-electron chi connectivity index (χ4n) is 3.20. The van der Waals surface area contributed by atoms with Crippen molar-refractivity contribution >= 4 is 35.6 Å². The number of amides is 3. The first-order valence-electron chi connectivity index (χ1n) is 11.8. The van der Waals surface area contributed by atoms with Crippen LogP contribution >= 0.6 is 0 Å². The predicted molar refractivity (Wildman–Crippen MR) is 135 cm³/mol. The summed E-state index contributed by atoms with van der Waals surface area (Å²) in [5.74, 6) is -6.87. The Balaban J connectivity index is 2.71. The number of hydrogen-bond donors (Lipinski definition) is 8. The normalized spacial score (nSPS) is 14.5. The summed E-state index contributed by atoms with van der Waals surface area (Å²) >= 11 is 0. The van der Waals surface area contributed by atoms with Crippen molar-refractivity contribution in [2.24, 2.45) is 22.2 Å². The first-order valence-corrected chi connectivity index (χ1v) is 11.8. The number of rotatable bonds is 17. The minimum absolute atomic E-state index is 0.132. The van der Waals surface area contributed by atoms with E-state index in [4.69, 9.17) is 22.3 Å². The number of nitrogens with two attached hydrogens (primary N) is 3. The minimum atomic E-state index is -2.90. The second-order valence-corrected chi connectivity index (χ2v) is 8.47. The molecule has 0 saturated carbocycles. The van der Waals surface area contributed by atoms with Gasteiger partial charge in [0, 0.05) is 13.0 Å². The SMILES string of the molecule is NC(N)=NCCC[C@H](N)C(=O)NC[C@@H](F)[C@H](F)C(=O)N[C@@H](CC(=O)O)C(=O)N[C@@H](Cc1ccccc1)C(=O)O. The van der Waals surface area contributed by atoms with Crippen molar-refractivity contribution in [2.45, 2.75) is 56.2 Å². The van der Waals surface area contributed by atoms with Gasteiger partial charge in [-0.3, -0.25) is 24.2 Å². The number of hydrogen-bond acceptors (Lipinski definition) is 7. The fourth-order valence-corrected chi connectivity index (χ4v) is 3.20. The number of guanidine groups is 1. The summed E-state index contributed by atoms with van der Waals surface area (Å²) in [6.45, 7) is -0.741. The molecule has 0 fully saturated rings. The lowest BCUT2D eigenvalue weighted by atomic mass is 10.0. The molecule has 0 aromatic heterocycles. The first kappa shape index (κ1) is 32.7. The van der Waals surface area contributed by atoms with Gasteiger partial charge in [0.05, 0.1) is 19.0 Å². The zero-order chi connectivity index (χ0) is 29.5. The second kappa shape index (κ2) is 16.5. The highest BCUT2D eigenvalue weighted by molar-refractivity contribution is 5.94. The molecule has 14 nitrogen and oxygen atoms in total. The van der Waals surface area contributed by atoms with E-state index in [1.165, 1.54) is 0 Å². The Morgan fingerprint density at radius 2 is 1.54 bits per heavy atom. The van der Waals surface area contributed by atoms with E-state index in [9.17, 15) is 37.9 Å². The third-order valence-electron chi connectivity index (χ3n) is 5.25. The Hall–Kier alpha value is -4.34. The maximum Gasteiger partial charge on any atom is 0.326 e. The topological polar surface area (TPSA) is 252 Å². The summed E-state index contributed by atoms with van der Waals surface area (Å²) in [6.07, 6.45) is -6.20. The molecule has 11 N–H and O–H groups in total. The van der Waals surface area contributed by atoms with E-state index in [1.807, 2.05) is 0 Å². The summed E-state index contributed by atoms with van der Waals surface area (Å²) in [5.41, 5.74) is 16.5. The zero-order valence-corrected chi connectivity index (χ0v) is 20.9. The highest BCUT2D eigenvalue weighted by atomic mass is 19.2. The third-order valence-corrected chi connectivity index (χ3v) is 5.25. The molecule has 216 valence electrons. The van der Waals surface area contributed by atoms with Crippen LogP contribution in [0.1, 0.15) is 24.8 Å². The third kappa shape index (κ3) is 12.6. The van der Waals surface area contributed by atoms with Gasteiger partial charge in [0.1, 0.15) is 12.1 Å². The van der Waals surface area contributed by atoms with Crippen LogP contribution in [0.2, 0.25) is 0 Å². The molecule has 1 rings (SSSR count). The number of carboxylic acid groups (broad SMARTS) is 2. The van der Waals surface area contributed by atoms with E-state index in [-0.39, 0.29) is 25.3 Å². The van der Waals surface area contributed by atoms with Crippen LogP contribution in [0.4, 0.5) is 8.78 Å². The number of carbonyl (C=O) groups excluding carboxylic acids is 3. The lowest BCUT2D eigenvalue weighted by Gasteiger charge is -2.22. The van der Waals surface area contributed by atoms with Gasteiger partial charge < -0.3 is 43.4 Å². The van der Waals surface area contributed by atoms with Crippen LogP contribution in [0.15, 0.2) is 35.3 Å². The zero-order valence-electron chi connectivity index (χ0n) is 20.9. The Labute approximate surface area is 222 Å². The maximum atomic E-state index is 14.4. The van der Waals surface area contributed by atoms with Crippen LogP contribution in [-0.2, 0) is 30.4 Å². The summed E-state index contributed by atoms with van der Waals surface area (Å²) in [7, 11) is 0. The number of nitrogens with zero attached hydrogens (tertiary/aromatic N) is 1. The summed E-state index contributed by atoms with van der Waals surface area (Å²) in [6, 6.07) is 3.69. The molecule has 5 atom stereocenters. The number of benzene rings is 1. The van der Waals surface area contributed by atoms with Crippen LogP contribution in [0.3, 0.4) is 0 Å². The Bertz CT molecular complexity index is 1030. The smallest absolute Gasteiger partial charge is 0.326 e. The maximum absolute atomic E-state index is 14.4.